The summed E-state index contributed by atoms with van der Waals surface area (Å²) in [6.45, 7) is 0.434. The third-order valence-corrected chi connectivity index (χ3v) is 3.80. The second kappa shape index (κ2) is 7.02. The Kier molecular flexibility index (Phi) is 5.93. The zero-order valence-electron chi connectivity index (χ0n) is 10.5. The molecule has 1 rings (SSSR count). The van der Waals surface area contributed by atoms with E-state index in [1.54, 1.807) is 0 Å². The van der Waals surface area contributed by atoms with Gasteiger partial charge in [-0.25, -0.2) is 13.1 Å². The molecule has 0 amide bonds. The van der Waals surface area contributed by atoms with Crippen molar-refractivity contribution in [3.63, 3.8) is 0 Å². The number of hydrogen-bond donors (Lipinski definition) is 2. The van der Waals surface area contributed by atoms with Crippen LogP contribution in [0.5, 0.6) is 0 Å². The molecule has 0 heterocycles. The molecule has 0 aliphatic carbocycles. The molecule has 0 aromatic heterocycles. The Labute approximate surface area is 115 Å². The zero-order chi connectivity index (χ0) is 15.2. The molecule has 114 valence electrons. The molecule has 20 heavy (non-hydrogen) atoms. The van der Waals surface area contributed by atoms with Crippen LogP contribution in [0, 0.1) is 0 Å². The first-order chi connectivity index (χ1) is 9.29. The number of hydrogen-bond acceptors (Lipinski definition) is 4. The van der Waals surface area contributed by atoms with Crippen LogP contribution in [-0.2, 0) is 20.9 Å². The minimum atomic E-state index is -4.73. The predicted octanol–water partition coefficient (Wildman–Crippen LogP) is 0.959. The number of alkyl halides is 3. The van der Waals surface area contributed by atoms with Crippen LogP contribution in [0.3, 0.4) is 0 Å². The van der Waals surface area contributed by atoms with Crippen LogP contribution >= 0.6 is 0 Å². The molecule has 0 saturated carbocycles. The van der Waals surface area contributed by atoms with Gasteiger partial charge in [0.1, 0.15) is 0 Å². The highest BCUT2D eigenvalue weighted by molar-refractivity contribution is 7.89. The van der Waals surface area contributed by atoms with Crippen molar-refractivity contribution in [2.24, 2.45) is 5.73 Å². The highest BCUT2D eigenvalue weighted by Gasteiger charge is 2.36. The van der Waals surface area contributed by atoms with Gasteiger partial charge in [0.2, 0.25) is 10.0 Å². The van der Waals surface area contributed by atoms with Gasteiger partial charge in [-0.2, -0.15) is 13.2 Å². The lowest BCUT2D eigenvalue weighted by Gasteiger charge is -2.13. The molecular weight excluding hydrogens is 297 g/mol. The van der Waals surface area contributed by atoms with Gasteiger partial charge in [0.05, 0.1) is 23.7 Å². The Hall–Kier alpha value is -1.16. The number of nitrogens with one attached hydrogen (secondary N) is 1. The summed E-state index contributed by atoms with van der Waals surface area (Å²) in [5, 5.41) is 0. The fourth-order valence-electron chi connectivity index (χ4n) is 1.45. The lowest BCUT2D eigenvalue weighted by Crippen LogP contribution is -2.29. The van der Waals surface area contributed by atoms with Crippen LogP contribution < -0.4 is 10.5 Å². The largest absolute Gasteiger partial charge is 0.417 e. The Morgan fingerprint density at radius 1 is 1.20 bits per heavy atom. The molecule has 9 heteroatoms. The van der Waals surface area contributed by atoms with E-state index in [0.717, 1.165) is 18.2 Å². The molecule has 0 fully saturated rings. The van der Waals surface area contributed by atoms with E-state index in [1.807, 2.05) is 0 Å². The summed E-state index contributed by atoms with van der Waals surface area (Å²) in [5.74, 6) is 0. The maximum absolute atomic E-state index is 12.7. The van der Waals surface area contributed by atoms with Crippen molar-refractivity contribution in [3.05, 3.63) is 29.8 Å². The van der Waals surface area contributed by atoms with E-state index in [-0.39, 0.29) is 26.3 Å². The average Bonchev–Trinajstić information content (AvgIpc) is 2.37. The van der Waals surface area contributed by atoms with Gasteiger partial charge in [-0.3, -0.25) is 0 Å². The van der Waals surface area contributed by atoms with E-state index in [4.69, 9.17) is 10.5 Å². The van der Waals surface area contributed by atoms with E-state index >= 15 is 0 Å². The fourth-order valence-corrected chi connectivity index (χ4v) is 2.69. The van der Waals surface area contributed by atoms with E-state index < -0.39 is 26.7 Å². The van der Waals surface area contributed by atoms with Gasteiger partial charge < -0.3 is 10.5 Å². The van der Waals surface area contributed by atoms with E-state index in [1.165, 1.54) is 6.07 Å². The Morgan fingerprint density at radius 3 is 2.45 bits per heavy atom. The van der Waals surface area contributed by atoms with Crippen LogP contribution in [0.4, 0.5) is 13.2 Å². The smallest absolute Gasteiger partial charge is 0.379 e. The van der Waals surface area contributed by atoms with E-state index in [0.29, 0.717) is 0 Å². The van der Waals surface area contributed by atoms with Gasteiger partial charge in [-0.05, 0) is 12.1 Å². The molecule has 0 bridgehead atoms. The quantitative estimate of drug-likeness (QED) is 0.735. The topological polar surface area (TPSA) is 81.4 Å². The highest BCUT2D eigenvalue weighted by Crippen LogP contribution is 2.33. The summed E-state index contributed by atoms with van der Waals surface area (Å²) >= 11 is 0. The van der Waals surface area contributed by atoms with Gasteiger partial charge in [0.15, 0.2) is 0 Å². The normalized spacial score (nSPS) is 12.6. The highest BCUT2D eigenvalue weighted by atomic mass is 32.2. The Bertz CT molecular complexity index is 532. The second-order valence-corrected chi connectivity index (χ2v) is 5.53. The average molecular weight is 312 g/mol. The molecule has 1 aromatic rings. The second-order valence-electron chi connectivity index (χ2n) is 3.79. The standard InChI is InChI=1S/C11H15F3N2O3S/c12-11(13,14)9-3-1-2-4-10(9)20(17,18)16-6-8-19-7-5-15/h1-4,16H,5-8,15H2. The molecular formula is C11H15F3N2O3S. The molecule has 5 nitrogen and oxygen atoms in total. The van der Waals surface area contributed by atoms with Gasteiger partial charge in [-0.15, -0.1) is 0 Å². The van der Waals surface area contributed by atoms with Crippen LogP contribution in [0.1, 0.15) is 5.56 Å². The van der Waals surface area contributed by atoms with Crippen molar-refractivity contribution in [1.29, 1.82) is 0 Å². The van der Waals surface area contributed by atoms with Crippen molar-refractivity contribution < 1.29 is 26.3 Å². The fraction of sp³-hybridized carbons (Fsp3) is 0.455. The predicted molar refractivity (Wildman–Crippen MR) is 66.5 cm³/mol. The van der Waals surface area contributed by atoms with Gasteiger partial charge in [0, 0.05) is 13.1 Å². The summed E-state index contributed by atoms with van der Waals surface area (Å²) in [6.07, 6.45) is -4.73. The van der Waals surface area contributed by atoms with E-state index in [2.05, 4.69) is 4.72 Å². The van der Waals surface area contributed by atoms with Crippen LogP contribution in [0.25, 0.3) is 0 Å². The maximum atomic E-state index is 12.7. The first-order valence-electron chi connectivity index (χ1n) is 5.73. The molecule has 0 aliphatic heterocycles. The third kappa shape index (κ3) is 4.75. The Balaban J connectivity index is 2.83. The van der Waals surface area contributed by atoms with Crippen molar-refractivity contribution in [2.75, 3.05) is 26.3 Å². The minimum absolute atomic E-state index is 0.0324. The van der Waals surface area contributed by atoms with Gasteiger partial charge in [-0.1, -0.05) is 12.1 Å². The molecule has 0 radical (unpaired) electrons. The number of nitrogens with two attached hydrogens (primary N) is 1. The number of halogens is 3. The van der Waals surface area contributed by atoms with Crippen molar-refractivity contribution in [2.45, 2.75) is 11.1 Å². The first kappa shape index (κ1) is 16.9. The minimum Gasteiger partial charge on any atom is -0.379 e. The molecule has 0 atom stereocenters. The molecule has 0 unspecified atom stereocenters. The summed E-state index contributed by atoms with van der Waals surface area (Å²) in [4.78, 5) is -0.800. The third-order valence-electron chi connectivity index (χ3n) is 2.28. The number of ether oxygens (including phenoxy) is 1. The zero-order valence-corrected chi connectivity index (χ0v) is 11.3. The monoisotopic (exact) mass is 312 g/mol. The van der Waals surface area contributed by atoms with Crippen LogP contribution in [0.2, 0.25) is 0 Å². The van der Waals surface area contributed by atoms with Crippen molar-refractivity contribution in [3.8, 4) is 0 Å². The van der Waals surface area contributed by atoms with Gasteiger partial charge in [0.25, 0.3) is 0 Å². The molecule has 3 N–H and O–H groups in total. The van der Waals surface area contributed by atoms with Gasteiger partial charge >= 0.3 is 6.18 Å². The van der Waals surface area contributed by atoms with Crippen LogP contribution in [0.15, 0.2) is 29.2 Å². The summed E-state index contributed by atoms with van der Waals surface area (Å²) in [6, 6.07) is 3.99. The molecule has 1 aromatic carbocycles. The number of benzene rings is 1. The molecule has 0 saturated heterocycles. The summed E-state index contributed by atoms with van der Waals surface area (Å²) < 4.78 is 68.9. The van der Waals surface area contributed by atoms with Crippen molar-refractivity contribution >= 4 is 10.0 Å². The molecule has 0 aliphatic rings. The first-order valence-corrected chi connectivity index (χ1v) is 7.21. The lowest BCUT2D eigenvalue weighted by atomic mass is 10.2. The SMILES string of the molecule is NCCOCCNS(=O)(=O)c1ccccc1C(F)(F)F. The summed E-state index contributed by atoms with van der Waals surface area (Å²) in [5.41, 5.74) is 3.97. The van der Waals surface area contributed by atoms with Crippen molar-refractivity contribution in [1.82, 2.24) is 4.72 Å². The molecule has 0 spiro atoms. The maximum Gasteiger partial charge on any atom is 0.417 e. The number of rotatable bonds is 7. The van der Waals surface area contributed by atoms with E-state index in [9.17, 15) is 21.6 Å². The summed E-state index contributed by atoms with van der Waals surface area (Å²) in [7, 11) is -4.24. The van der Waals surface area contributed by atoms with Crippen LogP contribution in [-0.4, -0.2) is 34.7 Å². The lowest BCUT2D eigenvalue weighted by molar-refractivity contribution is -0.139. The Morgan fingerprint density at radius 2 is 1.85 bits per heavy atom. The number of sulfonamides is 1.